The van der Waals surface area contributed by atoms with Gasteiger partial charge in [0.05, 0.1) is 4.99 Å². The van der Waals surface area contributed by atoms with Gasteiger partial charge < -0.3 is 10.5 Å². The molecule has 1 rings (SSSR count). The second kappa shape index (κ2) is 5.47. The molecule has 18 heavy (non-hydrogen) atoms. The summed E-state index contributed by atoms with van der Waals surface area (Å²) in [5, 5.41) is 0. The molecular weight excluding hydrogens is 277 g/mol. The Morgan fingerprint density at radius 2 is 1.72 bits per heavy atom. The average Bonchev–Trinajstić information content (AvgIpc) is 2.12. The topological polar surface area (TPSA) is 35.2 Å². The maximum Gasteiger partial charge on any atom is 0.401 e. The molecule has 0 spiro atoms. The predicted octanol–water partition coefficient (Wildman–Crippen LogP) is 2.81. The fourth-order valence-electron chi connectivity index (χ4n) is 1.13. The zero-order chi connectivity index (χ0) is 13.9. The van der Waals surface area contributed by atoms with Gasteiger partial charge in [-0.25, -0.2) is 8.78 Å². The molecule has 1 aromatic rings. The third kappa shape index (κ3) is 4.10. The maximum atomic E-state index is 12.8. The highest BCUT2D eigenvalue weighted by atomic mass is 32.1. The van der Waals surface area contributed by atoms with Gasteiger partial charge in [-0.15, -0.1) is 0 Å². The third-order valence-corrected chi connectivity index (χ3v) is 2.28. The summed E-state index contributed by atoms with van der Waals surface area (Å²) in [7, 11) is 0. The first-order valence-electron chi connectivity index (χ1n) is 4.65. The minimum absolute atomic E-state index is 0.363. The molecule has 0 heterocycles. The molecule has 8 heteroatoms. The number of alkyl halides is 3. The quantitative estimate of drug-likeness (QED) is 0.682. The van der Waals surface area contributed by atoms with Crippen LogP contribution in [0.2, 0.25) is 0 Å². The molecule has 0 fully saturated rings. The van der Waals surface area contributed by atoms with Crippen LogP contribution in [0, 0.1) is 17.6 Å². The van der Waals surface area contributed by atoms with Crippen molar-refractivity contribution in [1.82, 2.24) is 0 Å². The lowest BCUT2D eigenvalue weighted by Crippen LogP contribution is -2.38. The Kier molecular flexibility index (Phi) is 4.44. The van der Waals surface area contributed by atoms with Gasteiger partial charge in [0.25, 0.3) is 0 Å². The van der Waals surface area contributed by atoms with Gasteiger partial charge >= 0.3 is 6.18 Å². The second-order valence-corrected chi connectivity index (χ2v) is 3.88. The predicted molar refractivity (Wildman–Crippen MR) is 58.2 cm³/mol. The van der Waals surface area contributed by atoms with Crippen molar-refractivity contribution < 1.29 is 26.7 Å². The lowest BCUT2D eigenvalue weighted by molar-refractivity contribution is -0.161. The fourth-order valence-corrected chi connectivity index (χ4v) is 1.33. The number of rotatable bonds is 4. The second-order valence-electron chi connectivity index (χ2n) is 3.41. The van der Waals surface area contributed by atoms with Crippen molar-refractivity contribution in [3.8, 4) is 5.75 Å². The van der Waals surface area contributed by atoms with Crippen LogP contribution in [-0.2, 0) is 0 Å². The van der Waals surface area contributed by atoms with E-state index in [0.29, 0.717) is 6.07 Å². The van der Waals surface area contributed by atoms with Crippen molar-refractivity contribution in [3.63, 3.8) is 0 Å². The largest absolute Gasteiger partial charge is 0.492 e. The molecule has 2 N–H and O–H groups in total. The summed E-state index contributed by atoms with van der Waals surface area (Å²) in [6.07, 6.45) is -4.67. The van der Waals surface area contributed by atoms with E-state index in [1.165, 1.54) is 0 Å². The molecule has 0 aliphatic rings. The van der Waals surface area contributed by atoms with Crippen LogP contribution in [0.25, 0.3) is 0 Å². The van der Waals surface area contributed by atoms with Gasteiger partial charge in [0.1, 0.15) is 29.9 Å². The monoisotopic (exact) mass is 285 g/mol. The summed E-state index contributed by atoms with van der Waals surface area (Å²) in [6, 6.07) is 2.09. The van der Waals surface area contributed by atoms with Gasteiger partial charge in [0, 0.05) is 18.2 Å². The van der Waals surface area contributed by atoms with Gasteiger partial charge in [-0.1, -0.05) is 12.2 Å². The Morgan fingerprint density at radius 3 is 2.11 bits per heavy atom. The van der Waals surface area contributed by atoms with E-state index in [-0.39, 0.29) is 5.75 Å². The first kappa shape index (κ1) is 14.6. The third-order valence-electron chi connectivity index (χ3n) is 1.99. The van der Waals surface area contributed by atoms with E-state index in [1.807, 2.05) is 0 Å². The van der Waals surface area contributed by atoms with Crippen molar-refractivity contribution in [2.24, 2.45) is 11.7 Å². The normalized spacial score (nSPS) is 13.2. The van der Waals surface area contributed by atoms with Gasteiger partial charge in [-0.05, 0) is 0 Å². The van der Waals surface area contributed by atoms with Crippen LogP contribution in [0.5, 0.6) is 5.75 Å². The van der Waals surface area contributed by atoms with Gasteiger partial charge in [0.2, 0.25) is 0 Å². The minimum Gasteiger partial charge on any atom is -0.492 e. The van der Waals surface area contributed by atoms with Crippen LogP contribution in [-0.4, -0.2) is 17.8 Å². The molecule has 0 aromatic heterocycles. The first-order chi connectivity index (χ1) is 8.20. The van der Waals surface area contributed by atoms with Crippen molar-refractivity contribution in [3.05, 3.63) is 29.8 Å². The molecule has 1 aromatic carbocycles. The Hall–Kier alpha value is -1.44. The van der Waals surface area contributed by atoms with E-state index < -0.39 is 35.3 Å². The Bertz CT molecular complexity index is 428. The van der Waals surface area contributed by atoms with E-state index in [1.54, 1.807) is 0 Å². The summed E-state index contributed by atoms with van der Waals surface area (Å²) in [6.45, 7) is -0.929. The number of benzene rings is 1. The molecule has 0 radical (unpaired) electrons. The minimum atomic E-state index is -4.67. The fraction of sp³-hybridized carbons (Fsp3) is 0.300. The van der Waals surface area contributed by atoms with Crippen molar-refractivity contribution in [1.29, 1.82) is 0 Å². The Labute approximate surface area is 105 Å². The highest BCUT2D eigenvalue weighted by molar-refractivity contribution is 7.80. The molecular formula is C10H8F5NOS. The molecule has 0 saturated heterocycles. The molecule has 1 unspecified atom stereocenters. The number of ether oxygens (including phenoxy) is 1. The number of hydrogen-bond acceptors (Lipinski definition) is 2. The lowest BCUT2D eigenvalue weighted by atomic mass is 10.1. The van der Waals surface area contributed by atoms with E-state index in [0.717, 1.165) is 12.1 Å². The summed E-state index contributed by atoms with van der Waals surface area (Å²) in [4.78, 5) is -0.792. The van der Waals surface area contributed by atoms with Gasteiger partial charge in [0.15, 0.2) is 0 Å². The number of nitrogens with two attached hydrogens (primary N) is 1. The van der Waals surface area contributed by atoms with E-state index >= 15 is 0 Å². The molecule has 0 aliphatic carbocycles. The van der Waals surface area contributed by atoms with Gasteiger partial charge in [-0.3, -0.25) is 0 Å². The molecule has 0 bridgehead atoms. The summed E-state index contributed by atoms with van der Waals surface area (Å²) in [5.41, 5.74) is 4.93. The summed E-state index contributed by atoms with van der Waals surface area (Å²) < 4.78 is 67.5. The van der Waals surface area contributed by atoms with Crippen LogP contribution in [0.15, 0.2) is 18.2 Å². The van der Waals surface area contributed by atoms with E-state index in [2.05, 4.69) is 17.0 Å². The van der Waals surface area contributed by atoms with Crippen LogP contribution in [0.1, 0.15) is 0 Å². The van der Waals surface area contributed by atoms with Crippen LogP contribution in [0.3, 0.4) is 0 Å². The molecule has 1 atom stereocenters. The number of hydrogen-bond donors (Lipinski definition) is 1. The average molecular weight is 285 g/mol. The van der Waals surface area contributed by atoms with Gasteiger partial charge in [-0.2, -0.15) is 13.2 Å². The zero-order valence-electron chi connectivity index (χ0n) is 8.80. The van der Waals surface area contributed by atoms with Crippen molar-refractivity contribution >= 4 is 17.2 Å². The number of halogens is 5. The first-order valence-corrected chi connectivity index (χ1v) is 5.06. The van der Waals surface area contributed by atoms with Crippen LogP contribution >= 0.6 is 12.2 Å². The lowest BCUT2D eigenvalue weighted by Gasteiger charge is -2.19. The summed E-state index contributed by atoms with van der Waals surface area (Å²) in [5.74, 6) is -4.44. The molecule has 0 saturated carbocycles. The van der Waals surface area contributed by atoms with Crippen molar-refractivity contribution in [2.45, 2.75) is 6.18 Å². The van der Waals surface area contributed by atoms with Crippen LogP contribution in [0.4, 0.5) is 22.0 Å². The molecule has 100 valence electrons. The highest BCUT2D eigenvalue weighted by Gasteiger charge is 2.42. The summed E-state index contributed by atoms with van der Waals surface area (Å²) >= 11 is 4.26. The molecule has 0 amide bonds. The van der Waals surface area contributed by atoms with Crippen molar-refractivity contribution in [2.75, 3.05) is 6.61 Å². The Balaban J connectivity index is 2.76. The molecule has 2 nitrogen and oxygen atoms in total. The smallest absolute Gasteiger partial charge is 0.401 e. The van der Waals surface area contributed by atoms with Crippen LogP contribution < -0.4 is 10.5 Å². The molecule has 0 aliphatic heterocycles. The SMILES string of the molecule is NC(=S)C(COc1cc(F)cc(F)c1)C(F)(F)F. The highest BCUT2D eigenvalue weighted by Crippen LogP contribution is 2.27. The van der Waals surface area contributed by atoms with E-state index in [4.69, 9.17) is 5.73 Å². The Morgan fingerprint density at radius 1 is 1.22 bits per heavy atom. The standard InChI is InChI=1S/C10H8F5NOS/c11-5-1-6(12)3-7(2-5)17-4-8(9(16)18)10(13,14)15/h1-3,8H,4H2,(H2,16,18). The maximum absolute atomic E-state index is 12.8. The number of thiocarbonyl (C=S) groups is 1. The zero-order valence-corrected chi connectivity index (χ0v) is 9.62. The van der Waals surface area contributed by atoms with E-state index in [9.17, 15) is 22.0 Å².